The summed E-state index contributed by atoms with van der Waals surface area (Å²) >= 11 is 0. The third-order valence-electron chi connectivity index (χ3n) is 4.39. The normalized spacial score (nSPS) is 11.2. The monoisotopic (exact) mass is 347 g/mol. The summed E-state index contributed by atoms with van der Waals surface area (Å²) in [7, 11) is 0. The lowest BCUT2D eigenvalue weighted by Crippen LogP contribution is -2.17. The number of hydrogen-bond donors (Lipinski definition) is 1. The van der Waals surface area contributed by atoms with E-state index in [9.17, 15) is 0 Å². The summed E-state index contributed by atoms with van der Waals surface area (Å²) in [6.45, 7) is 11.7. The second kappa shape index (κ2) is 10.2. The van der Waals surface area contributed by atoms with E-state index in [0.29, 0.717) is 5.84 Å². The highest BCUT2D eigenvalue weighted by molar-refractivity contribution is 6.03. The highest BCUT2D eigenvalue weighted by Gasteiger charge is 2.08. The van der Waals surface area contributed by atoms with Crippen molar-refractivity contribution in [2.24, 2.45) is 10.7 Å². The molecule has 0 radical (unpaired) electrons. The largest absolute Gasteiger partial charge is 0.383 e. The van der Waals surface area contributed by atoms with Gasteiger partial charge in [-0.15, -0.1) is 0 Å². The molecule has 0 aliphatic heterocycles. The summed E-state index contributed by atoms with van der Waals surface area (Å²) in [5.74, 6) is 0.480. The molecule has 0 heterocycles. The van der Waals surface area contributed by atoms with Crippen molar-refractivity contribution in [1.82, 2.24) is 4.90 Å². The Bertz CT molecular complexity index is 744. The van der Waals surface area contributed by atoms with Gasteiger partial charge in [0.25, 0.3) is 0 Å². The predicted octanol–water partition coefficient (Wildman–Crippen LogP) is 5.34. The summed E-state index contributed by atoms with van der Waals surface area (Å²) in [5, 5.41) is 0. The minimum absolute atomic E-state index is 0.480. The molecule has 0 atom stereocenters. The first-order chi connectivity index (χ1) is 12.7. The SMILES string of the molecule is C=CN=C(N)c1ccccc1-c1ccc(CN(C=C)CCCCC)cc1. The first kappa shape index (κ1) is 19.5. The first-order valence-corrected chi connectivity index (χ1v) is 9.19. The van der Waals surface area contributed by atoms with E-state index in [1.54, 1.807) is 0 Å². The predicted molar refractivity (Wildman–Crippen MR) is 113 cm³/mol. The van der Waals surface area contributed by atoms with Crippen LogP contribution in [0.2, 0.25) is 0 Å². The second-order valence-electron chi connectivity index (χ2n) is 6.30. The van der Waals surface area contributed by atoms with E-state index in [1.165, 1.54) is 31.0 Å². The van der Waals surface area contributed by atoms with Crippen molar-refractivity contribution in [2.75, 3.05) is 6.54 Å². The highest BCUT2D eigenvalue weighted by Crippen LogP contribution is 2.24. The number of hydrogen-bond acceptors (Lipinski definition) is 2. The van der Waals surface area contributed by atoms with Crippen molar-refractivity contribution in [3.8, 4) is 11.1 Å². The van der Waals surface area contributed by atoms with E-state index in [4.69, 9.17) is 5.73 Å². The van der Waals surface area contributed by atoms with Gasteiger partial charge in [-0.1, -0.05) is 81.5 Å². The van der Waals surface area contributed by atoms with Crippen LogP contribution in [0.5, 0.6) is 0 Å². The topological polar surface area (TPSA) is 41.6 Å². The average Bonchev–Trinajstić information content (AvgIpc) is 2.68. The molecule has 0 aromatic heterocycles. The van der Waals surface area contributed by atoms with Gasteiger partial charge in [-0.05, 0) is 29.3 Å². The van der Waals surface area contributed by atoms with E-state index in [2.05, 4.69) is 60.3 Å². The number of rotatable bonds is 10. The molecule has 26 heavy (non-hydrogen) atoms. The van der Waals surface area contributed by atoms with E-state index in [-0.39, 0.29) is 0 Å². The Morgan fingerprint density at radius 1 is 1.08 bits per heavy atom. The summed E-state index contributed by atoms with van der Waals surface area (Å²) in [5.41, 5.74) is 10.5. The molecule has 2 N–H and O–H groups in total. The molecule has 2 aromatic rings. The molecule has 0 saturated heterocycles. The van der Waals surface area contributed by atoms with Gasteiger partial charge in [0.1, 0.15) is 5.84 Å². The molecule has 0 amide bonds. The molecule has 0 fully saturated rings. The van der Waals surface area contributed by atoms with E-state index >= 15 is 0 Å². The molecule has 3 heteroatoms. The maximum absolute atomic E-state index is 6.08. The number of nitrogens with zero attached hydrogens (tertiary/aromatic N) is 2. The number of amidine groups is 1. The minimum atomic E-state index is 0.480. The van der Waals surface area contributed by atoms with Crippen LogP contribution in [0.3, 0.4) is 0 Å². The first-order valence-electron chi connectivity index (χ1n) is 9.19. The zero-order valence-corrected chi connectivity index (χ0v) is 15.7. The van der Waals surface area contributed by atoms with E-state index < -0.39 is 0 Å². The standard InChI is InChI=1S/C23H29N3/c1-4-7-10-17-26(6-3)18-19-13-15-20(16-14-19)21-11-8-9-12-22(21)23(24)25-5-2/h5-6,8-9,11-16H,2-4,7,10,17-18H2,1H3,(H2,24,25). The van der Waals surface area contributed by atoms with Crippen LogP contribution in [0.15, 0.2) is 79.1 Å². The van der Waals surface area contributed by atoms with E-state index in [1.807, 2.05) is 24.4 Å². The van der Waals surface area contributed by atoms with Crippen molar-refractivity contribution in [1.29, 1.82) is 0 Å². The fourth-order valence-electron chi connectivity index (χ4n) is 2.95. The Hall–Kier alpha value is -2.81. The molecule has 3 nitrogen and oxygen atoms in total. The molecule has 0 unspecified atom stereocenters. The summed E-state index contributed by atoms with van der Waals surface area (Å²) < 4.78 is 0. The minimum Gasteiger partial charge on any atom is -0.383 e. The van der Waals surface area contributed by atoms with Gasteiger partial charge in [-0.25, -0.2) is 4.99 Å². The second-order valence-corrected chi connectivity index (χ2v) is 6.30. The molecule has 0 saturated carbocycles. The van der Waals surface area contributed by atoms with Crippen LogP contribution in [-0.2, 0) is 6.54 Å². The van der Waals surface area contributed by atoms with Crippen LogP contribution in [0, 0.1) is 0 Å². The third-order valence-corrected chi connectivity index (χ3v) is 4.39. The van der Waals surface area contributed by atoms with Crippen LogP contribution in [-0.4, -0.2) is 17.3 Å². The number of aliphatic imine (C=N–C) groups is 1. The fraction of sp³-hybridized carbons (Fsp3) is 0.261. The quantitative estimate of drug-likeness (QED) is 0.358. The summed E-state index contributed by atoms with van der Waals surface area (Å²) in [6, 6.07) is 16.7. The molecule has 2 aromatic carbocycles. The number of nitrogens with two attached hydrogens (primary N) is 1. The Morgan fingerprint density at radius 3 is 2.46 bits per heavy atom. The fourth-order valence-corrected chi connectivity index (χ4v) is 2.95. The smallest absolute Gasteiger partial charge is 0.131 e. The molecule has 2 rings (SSSR count). The van der Waals surface area contributed by atoms with Crippen molar-refractivity contribution in [3.63, 3.8) is 0 Å². The van der Waals surface area contributed by atoms with Crippen molar-refractivity contribution >= 4 is 5.84 Å². The van der Waals surface area contributed by atoms with Gasteiger partial charge >= 0.3 is 0 Å². The zero-order valence-electron chi connectivity index (χ0n) is 15.7. The molecule has 0 spiro atoms. The maximum Gasteiger partial charge on any atom is 0.131 e. The van der Waals surface area contributed by atoms with Crippen LogP contribution in [0.1, 0.15) is 37.3 Å². The molecule has 0 aliphatic carbocycles. The van der Waals surface area contributed by atoms with Gasteiger partial charge in [-0.2, -0.15) is 0 Å². The summed E-state index contributed by atoms with van der Waals surface area (Å²) in [4.78, 5) is 6.40. The molecular formula is C23H29N3. The average molecular weight is 348 g/mol. The van der Waals surface area contributed by atoms with Crippen molar-refractivity contribution in [2.45, 2.75) is 32.7 Å². The molecule has 136 valence electrons. The Morgan fingerprint density at radius 2 is 1.81 bits per heavy atom. The van der Waals surface area contributed by atoms with Crippen LogP contribution in [0.25, 0.3) is 11.1 Å². The maximum atomic E-state index is 6.08. The Balaban J connectivity index is 2.16. The molecular weight excluding hydrogens is 318 g/mol. The lowest BCUT2D eigenvalue weighted by Gasteiger charge is -2.20. The van der Waals surface area contributed by atoms with Gasteiger partial charge in [0.2, 0.25) is 0 Å². The van der Waals surface area contributed by atoms with E-state index in [0.717, 1.165) is 29.8 Å². The number of unbranched alkanes of at least 4 members (excludes halogenated alkanes) is 2. The highest BCUT2D eigenvalue weighted by atomic mass is 15.1. The lowest BCUT2D eigenvalue weighted by molar-refractivity contribution is 0.358. The van der Waals surface area contributed by atoms with Crippen LogP contribution in [0.4, 0.5) is 0 Å². The number of benzene rings is 2. The van der Waals surface area contributed by atoms with Gasteiger partial charge in [0.05, 0.1) is 0 Å². The van der Waals surface area contributed by atoms with Gasteiger partial charge < -0.3 is 10.6 Å². The third kappa shape index (κ3) is 5.35. The molecule has 0 bridgehead atoms. The Kier molecular flexibility index (Phi) is 7.69. The van der Waals surface area contributed by atoms with Gasteiger partial charge in [0.15, 0.2) is 0 Å². The Labute approximate surface area is 157 Å². The van der Waals surface area contributed by atoms with Crippen molar-refractivity contribution in [3.05, 3.63) is 85.2 Å². The van der Waals surface area contributed by atoms with Crippen molar-refractivity contribution < 1.29 is 0 Å². The zero-order chi connectivity index (χ0) is 18.8. The lowest BCUT2D eigenvalue weighted by atomic mass is 9.98. The van der Waals surface area contributed by atoms with Crippen LogP contribution < -0.4 is 5.73 Å². The van der Waals surface area contributed by atoms with Crippen LogP contribution >= 0.6 is 0 Å². The summed E-state index contributed by atoms with van der Waals surface area (Å²) in [6.07, 6.45) is 7.10. The molecule has 0 aliphatic rings. The van der Waals surface area contributed by atoms with Gasteiger partial charge in [0, 0.05) is 24.9 Å². The van der Waals surface area contributed by atoms with Gasteiger partial charge in [-0.3, -0.25) is 0 Å².